The van der Waals surface area contributed by atoms with Gasteiger partial charge in [0.1, 0.15) is 12.4 Å². The van der Waals surface area contributed by atoms with Gasteiger partial charge >= 0.3 is 0 Å². The van der Waals surface area contributed by atoms with Crippen LogP contribution in [0.3, 0.4) is 0 Å². The minimum atomic E-state index is -0.226. The zero-order chi connectivity index (χ0) is 16.7. The van der Waals surface area contributed by atoms with E-state index in [4.69, 9.17) is 27.9 Å². The molecule has 23 heavy (non-hydrogen) atoms. The molecule has 0 aromatic heterocycles. The van der Waals surface area contributed by atoms with Gasteiger partial charge in [0.05, 0.1) is 22.9 Å². The first kappa shape index (κ1) is 17.2. The summed E-state index contributed by atoms with van der Waals surface area (Å²) in [6.45, 7) is 4.01. The SMILES string of the molecule is C=CCOc1ccccc1NC(=O)CNc1cc(Cl)ccc1Cl. The van der Waals surface area contributed by atoms with Crippen LogP contribution in [-0.2, 0) is 4.79 Å². The number of carbonyl (C=O) groups excluding carboxylic acids is 1. The number of nitrogens with one attached hydrogen (secondary N) is 2. The zero-order valence-electron chi connectivity index (χ0n) is 12.3. The van der Waals surface area contributed by atoms with Gasteiger partial charge in [-0.05, 0) is 30.3 Å². The van der Waals surface area contributed by atoms with Crippen LogP contribution in [0.4, 0.5) is 11.4 Å². The van der Waals surface area contributed by atoms with Crippen LogP contribution in [0.1, 0.15) is 0 Å². The number of benzene rings is 2. The van der Waals surface area contributed by atoms with Crippen LogP contribution in [0.25, 0.3) is 0 Å². The maximum atomic E-state index is 12.1. The smallest absolute Gasteiger partial charge is 0.243 e. The van der Waals surface area contributed by atoms with Crippen LogP contribution in [0.5, 0.6) is 5.75 Å². The molecule has 120 valence electrons. The van der Waals surface area contributed by atoms with Crippen LogP contribution in [0.15, 0.2) is 55.1 Å². The first-order valence-electron chi connectivity index (χ1n) is 6.91. The van der Waals surface area contributed by atoms with Gasteiger partial charge in [-0.3, -0.25) is 4.79 Å². The molecular formula is C17H16Cl2N2O2. The number of hydrogen-bond donors (Lipinski definition) is 2. The number of anilines is 2. The fourth-order valence-electron chi connectivity index (χ4n) is 1.85. The van der Waals surface area contributed by atoms with E-state index < -0.39 is 0 Å². The number of halogens is 2. The van der Waals surface area contributed by atoms with Crippen LogP contribution in [0, 0.1) is 0 Å². The highest BCUT2D eigenvalue weighted by atomic mass is 35.5. The number of amides is 1. The van der Waals surface area contributed by atoms with Gasteiger partial charge < -0.3 is 15.4 Å². The highest BCUT2D eigenvalue weighted by Crippen LogP contribution is 2.26. The normalized spacial score (nSPS) is 10.0. The number of carbonyl (C=O) groups is 1. The Morgan fingerprint density at radius 2 is 1.96 bits per heavy atom. The summed E-state index contributed by atoms with van der Waals surface area (Å²) < 4.78 is 5.49. The van der Waals surface area contributed by atoms with E-state index in [0.717, 1.165) is 0 Å². The van der Waals surface area contributed by atoms with Gasteiger partial charge in [0, 0.05) is 5.02 Å². The average Bonchev–Trinajstić information content (AvgIpc) is 2.55. The molecule has 0 fully saturated rings. The van der Waals surface area contributed by atoms with E-state index in [1.807, 2.05) is 12.1 Å². The molecule has 2 N–H and O–H groups in total. The summed E-state index contributed by atoms with van der Waals surface area (Å²) in [4.78, 5) is 12.1. The van der Waals surface area contributed by atoms with Gasteiger partial charge in [0.15, 0.2) is 0 Å². The van der Waals surface area contributed by atoms with E-state index >= 15 is 0 Å². The summed E-state index contributed by atoms with van der Waals surface area (Å²) in [7, 11) is 0. The second kappa shape index (κ2) is 8.46. The molecule has 2 rings (SSSR count). The maximum Gasteiger partial charge on any atom is 0.243 e. The summed E-state index contributed by atoms with van der Waals surface area (Å²) in [6.07, 6.45) is 1.64. The van der Waals surface area contributed by atoms with Crippen molar-refractivity contribution in [3.05, 3.63) is 65.2 Å². The predicted octanol–water partition coefficient (Wildman–Crippen LogP) is 4.61. The van der Waals surface area contributed by atoms with E-state index in [2.05, 4.69) is 17.2 Å². The summed E-state index contributed by atoms with van der Waals surface area (Å²) in [6, 6.07) is 12.2. The van der Waals surface area contributed by atoms with E-state index in [0.29, 0.717) is 33.8 Å². The third kappa shape index (κ3) is 5.20. The Hall–Kier alpha value is -2.17. The largest absolute Gasteiger partial charge is 0.487 e. The van der Waals surface area contributed by atoms with Gasteiger partial charge in [-0.15, -0.1) is 0 Å². The van der Waals surface area contributed by atoms with Crippen molar-refractivity contribution in [2.45, 2.75) is 0 Å². The fraction of sp³-hybridized carbons (Fsp3) is 0.118. The van der Waals surface area contributed by atoms with E-state index in [1.165, 1.54) is 0 Å². The fourth-order valence-corrected chi connectivity index (χ4v) is 2.20. The van der Waals surface area contributed by atoms with Gasteiger partial charge in [-0.1, -0.05) is 48.0 Å². The Morgan fingerprint density at radius 3 is 2.74 bits per heavy atom. The molecule has 0 atom stereocenters. The Labute approximate surface area is 145 Å². The molecule has 0 bridgehead atoms. The third-order valence-electron chi connectivity index (χ3n) is 2.89. The number of rotatable bonds is 7. The molecule has 0 heterocycles. The van der Waals surface area contributed by atoms with E-state index in [9.17, 15) is 4.79 Å². The molecule has 0 aliphatic carbocycles. The molecule has 0 aliphatic heterocycles. The lowest BCUT2D eigenvalue weighted by atomic mass is 10.3. The lowest BCUT2D eigenvalue weighted by Crippen LogP contribution is -2.22. The predicted molar refractivity (Wildman–Crippen MR) is 95.7 cm³/mol. The first-order valence-corrected chi connectivity index (χ1v) is 7.67. The minimum Gasteiger partial charge on any atom is -0.487 e. The average molecular weight is 351 g/mol. The summed E-state index contributed by atoms with van der Waals surface area (Å²) in [5.74, 6) is 0.359. The standard InChI is InChI=1S/C17H16Cl2N2O2/c1-2-9-23-16-6-4-3-5-14(16)21-17(22)11-20-15-10-12(18)7-8-13(15)19/h2-8,10,20H,1,9,11H2,(H,21,22). The molecule has 6 heteroatoms. The third-order valence-corrected chi connectivity index (χ3v) is 3.45. The van der Waals surface area contributed by atoms with Crippen LogP contribution < -0.4 is 15.4 Å². The summed E-state index contributed by atoms with van der Waals surface area (Å²) in [5.41, 5.74) is 1.20. The zero-order valence-corrected chi connectivity index (χ0v) is 13.8. The molecule has 0 unspecified atom stereocenters. The maximum absolute atomic E-state index is 12.1. The first-order chi connectivity index (χ1) is 11.1. The lowest BCUT2D eigenvalue weighted by molar-refractivity contribution is -0.114. The molecular weight excluding hydrogens is 335 g/mol. The van der Waals surface area contributed by atoms with Crippen molar-refractivity contribution in [3.63, 3.8) is 0 Å². The Morgan fingerprint density at radius 1 is 1.17 bits per heavy atom. The Balaban J connectivity index is 1.97. The quantitative estimate of drug-likeness (QED) is 0.717. The van der Waals surface area contributed by atoms with Gasteiger partial charge in [0.25, 0.3) is 0 Å². The second-order valence-electron chi connectivity index (χ2n) is 4.62. The Bertz CT molecular complexity index is 705. The van der Waals surface area contributed by atoms with Crippen molar-refractivity contribution in [2.24, 2.45) is 0 Å². The summed E-state index contributed by atoms with van der Waals surface area (Å²) >= 11 is 11.9. The topological polar surface area (TPSA) is 50.4 Å². The van der Waals surface area contributed by atoms with Crippen molar-refractivity contribution in [1.82, 2.24) is 0 Å². The highest BCUT2D eigenvalue weighted by Gasteiger charge is 2.08. The molecule has 2 aromatic carbocycles. The van der Waals surface area contributed by atoms with Crippen LogP contribution in [0.2, 0.25) is 10.0 Å². The van der Waals surface area contributed by atoms with Gasteiger partial charge in [-0.2, -0.15) is 0 Å². The van der Waals surface area contributed by atoms with E-state index in [-0.39, 0.29) is 12.5 Å². The molecule has 1 amide bonds. The van der Waals surface area contributed by atoms with Gasteiger partial charge in [0.2, 0.25) is 5.91 Å². The van der Waals surface area contributed by atoms with Crippen molar-refractivity contribution in [2.75, 3.05) is 23.8 Å². The molecule has 0 spiro atoms. The summed E-state index contributed by atoms with van der Waals surface area (Å²) in [5, 5.41) is 6.78. The number of hydrogen-bond acceptors (Lipinski definition) is 3. The van der Waals surface area contributed by atoms with Crippen molar-refractivity contribution in [3.8, 4) is 5.75 Å². The van der Waals surface area contributed by atoms with Crippen LogP contribution >= 0.6 is 23.2 Å². The monoisotopic (exact) mass is 350 g/mol. The minimum absolute atomic E-state index is 0.0514. The highest BCUT2D eigenvalue weighted by molar-refractivity contribution is 6.35. The molecule has 0 aliphatic rings. The lowest BCUT2D eigenvalue weighted by Gasteiger charge is -2.12. The van der Waals surface area contributed by atoms with Crippen molar-refractivity contribution >= 4 is 40.5 Å². The molecule has 0 radical (unpaired) electrons. The molecule has 2 aromatic rings. The molecule has 4 nitrogen and oxygen atoms in total. The second-order valence-corrected chi connectivity index (χ2v) is 5.47. The van der Waals surface area contributed by atoms with Crippen molar-refractivity contribution < 1.29 is 9.53 Å². The number of para-hydroxylation sites is 2. The van der Waals surface area contributed by atoms with E-state index in [1.54, 1.807) is 36.4 Å². The van der Waals surface area contributed by atoms with Crippen LogP contribution in [-0.4, -0.2) is 19.1 Å². The van der Waals surface area contributed by atoms with Gasteiger partial charge in [-0.25, -0.2) is 0 Å². The molecule has 0 saturated heterocycles. The van der Waals surface area contributed by atoms with Crippen molar-refractivity contribution in [1.29, 1.82) is 0 Å². The molecule has 0 saturated carbocycles. The number of ether oxygens (including phenoxy) is 1. The Kier molecular flexibility index (Phi) is 6.32.